The molecule has 1 N–H and O–H groups in total. The van der Waals surface area contributed by atoms with Crippen LogP contribution in [0, 0.1) is 17.2 Å². The maximum Gasteiger partial charge on any atom is 0.573 e. The smallest absolute Gasteiger partial charge is 0.406 e. The van der Waals surface area contributed by atoms with Crippen LogP contribution in [-0.2, 0) is 0 Å². The van der Waals surface area contributed by atoms with Crippen LogP contribution in [0.2, 0.25) is 0 Å². The second-order valence-electron chi connectivity index (χ2n) is 4.48. The molecule has 1 aromatic rings. The fourth-order valence-electron chi connectivity index (χ4n) is 1.45. The van der Waals surface area contributed by atoms with Gasteiger partial charge in [0.15, 0.2) is 0 Å². The van der Waals surface area contributed by atoms with Gasteiger partial charge >= 0.3 is 6.36 Å². The topological polar surface area (TPSA) is 45.0 Å². The Bertz CT molecular complexity index is 435. The number of nitriles is 1. The fourth-order valence-corrected chi connectivity index (χ4v) is 1.45. The quantitative estimate of drug-likeness (QED) is 0.893. The molecule has 0 fully saturated rings. The van der Waals surface area contributed by atoms with Crippen LogP contribution in [0.1, 0.15) is 25.5 Å². The Balaban J connectivity index is 2.71. The lowest BCUT2D eigenvalue weighted by Gasteiger charge is -2.14. The third kappa shape index (κ3) is 5.62. The van der Waals surface area contributed by atoms with Crippen molar-refractivity contribution in [1.29, 1.82) is 5.26 Å². The zero-order chi connectivity index (χ0) is 14.5. The summed E-state index contributed by atoms with van der Waals surface area (Å²) >= 11 is 0. The number of nitrogens with zero attached hydrogens (tertiary/aromatic N) is 1. The molecule has 0 saturated heterocycles. The Kier molecular flexibility index (Phi) is 5.19. The lowest BCUT2D eigenvalue weighted by atomic mass is 10.1. The molecule has 104 valence electrons. The number of nitrogens with one attached hydrogen (secondary N) is 1. The molecule has 0 saturated carbocycles. The molecule has 0 amide bonds. The molecule has 6 heteroatoms. The molecule has 19 heavy (non-hydrogen) atoms. The SMILES string of the molecule is CC(C)CNC(C#N)c1ccc(OC(F)(F)F)cc1. The van der Waals surface area contributed by atoms with Crippen molar-refractivity contribution in [1.82, 2.24) is 5.32 Å². The highest BCUT2D eigenvalue weighted by atomic mass is 19.4. The van der Waals surface area contributed by atoms with Crippen LogP contribution in [0.25, 0.3) is 0 Å². The zero-order valence-electron chi connectivity index (χ0n) is 10.7. The molecule has 0 spiro atoms. The van der Waals surface area contributed by atoms with E-state index in [1.165, 1.54) is 24.3 Å². The molecule has 1 unspecified atom stereocenters. The van der Waals surface area contributed by atoms with Gasteiger partial charge in [0, 0.05) is 0 Å². The minimum atomic E-state index is -4.70. The van der Waals surface area contributed by atoms with E-state index in [9.17, 15) is 13.2 Å². The predicted molar refractivity (Wildman–Crippen MR) is 64.3 cm³/mol. The van der Waals surface area contributed by atoms with Crippen LogP contribution in [0.15, 0.2) is 24.3 Å². The first kappa shape index (κ1) is 15.3. The van der Waals surface area contributed by atoms with Crippen molar-refractivity contribution in [3.05, 3.63) is 29.8 Å². The monoisotopic (exact) mass is 272 g/mol. The molecule has 1 atom stereocenters. The maximum absolute atomic E-state index is 12.0. The van der Waals surface area contributed by atoms with Gasteiger partial charge in [-0.15, -0.1) is 13.2 Å². The minimum Gasteiger partial charge on any atom is -0.406 e. The molecule has 3 nitrogen and oxygen atoms in total. The van der Waals surface area contributed by atoms with Gasteiger partial charge in [-0.05, 0) is 30.2 Å². The average Bonchev–Trinajstić information content (AvgIpc) is 2.29. The predicted octanol–water partition coefficient (Wildman–Crippen LogP) is 3.40. The lowest BCUT2D eigenvalue weighted by molar-refractivity contribution is -0.274. The Labute approximate surface area is 110 Å². The molecule has 1 rings (SSSR count). The number of ether oxygens (including phenoxy) is 1. The molecule has 0 aliphatic rings. The van der Waals surface area contributed by atoms with E-state index in [1.807, 2.05) is 13.8 Å². The summed E-state index contributed by atoms with van der Waals surface area (Å²) in [4.78, 5) is 0. The number of rotatable bonds is 5. The second kappa shape index (κ2) is 6.43. The molecule has 0 radical (unpaired) electrons. The number of hydrogen-bond acceptors (Lipinski definition) is 3. The van der Waals surface area contributed by atoms with Crippen LogP contribution in [0.4, 0.5) is 13.2 Å². The average molecular weight is 272 g/mol. The third-order valence-corrected chi connectivity index (χ3v) is 2.31. The highest BCUT2D eigenvalue weighted by Gasteiger charge is 2.31. The van der Waals surface area contributed by atoms with Crippen molar-refractivity contribution < 1.29 is 17.9 Å². The number of hydrogen-bond donors (Lipinski definition) is 1. The summed E-state index contributed by atoms with van der Waals surface area (Å²) in [6.07, 6.45) is -4.70. The van der Waals surface area contributed by atoms with E-state index in [1.54, 1.807) is 0 Å². The second-order valence-corrected chi connectivity index (χ2v) is 4.48. The Morgan fingerprint density at radius 1 is 1.26 bits per heavy atom. The van der Waals surface area contributed by atoms with Crippen LogP contribution in [0.5, 0.6) is 5.75 Å². The van der Waals surface area contributed by atoms with E-state index in [4.69, 9.17) is 5.26 Å². The summed E-state index contributed by atoms with van der Waals surface area (Å²) in [5.41, 5.74) is 0.609. The lowest BCUT2D eigenvalue weighted by Crippen LogP contribution is -2.24. The summed E-state index contributed by atoms with van der Waals surface area (Å²) in [6.45, 7) is 4.66. The van der Waals surface area contributed by atoms with Crippen molar-refractivity contribution in [2.45, 2.75) is 26.3 Å². The first-order valence-electron chi connectivity index (χ1n) is 5.80. The van der Waals surface area contributed by atoms with E-state index in [-0.39, 0.29) is 5.75 Å². The van der Waals surface area contributed by atoms with Crippen LogP contribution < -0.4 is 10.1 Å². The number of halogens is 3. The van der Waals surface area contributed by atoms with Gasteiger partial charge < -0.3 is 4.74 Å². The fraction of sp³-hybridized carbons (Fsp3) is 0.462. The van der Waals surface area contributed by atoms with Crippen molar-refractivity contribution in [2.75, 3.05) is 6.54 Å². The van der Waals surface area contributed by atoms with Crippen molar-refractivity contribution in [3.63, 3.8) is 0 Å². The van der Waals surface area contributed by atoms with E-state index in [0.29, 0.717) is 18.0 Å². The highest BCUT2D eigenvalue weighted by Crippen LogP contribution is 2.24. The van der Waals surface area contributed by atoms with E-state index in [0.717, 1.165) is 0 Å². The van der Waals surface area contributed by atoms with Gasteiger partial charge in [0.1, 0.15) is 11.8 Å². The van der Waals surface area contributed by atoms with Gasteiger partial charge in [-0.2, -0.15) is 5.26 Å². The number of alkyl halides is 3. The number of benzene rings is 1. The van der Waals surface area contributed by atoms with E-state index >= 15 is 0 Å². The van der Waals surface area contributed by atoms with Gasteiger partial charge in [-0.25, -0.2) is 0 Å². The van der Waals surface area contributed by atoms with E-state index < -0.39 is 12.4 Å². The Morgan fingerprint density at radius 2 is 1.84 bits per heavy atom. The normalized spacial score (nSPS) is 13.1. The molecular formula is C13H15F3N2O. The summed E-state index contributed by atoms with van der Waals surface area (Å²) in [5, 5.41) is 12.1. The van der Waals surface area contributed by atoms with Crippen LogP contribution in [0.3, 0.4) is 0 Å². The highest BCUT2D eigenvalue weighted by molar-refractivity contribution is 5.31. The molecule has 0 heterocycles. The van der Waals surface area contributed by atoms with Crippen molar-refractivity contribution in [2.24, 2.45) is 5.92 Å². The zero-order valence-corrected chi connectivity index (χ0v) is 10.7. The molecule has 0 aromatic heterocycles. The third-order valence-electron chi connectivity index (χ3n) is 2.31. The van der Waals surface area contributed by atoms with Gasteiger partial charge in [0.2, 0.25) is 0 Å². The Morgan fingerprint density at radius 3 is 2.26 bits per heavy atom. The molecule has 0 aliphatic heterocycles. The largest absolute Gasteiger partial charge is 0.573 e. The Hall–Kier alpha value is -1.74. The van der Waals surface area contributed by atoms with Crippen molar-refractivity contribution in [3.8, 4) is 11.8 Å². The van der Waals surface area contributed by atoms with Crippen LogP contribution in [-0.4, -0.2) is 12.9 Å². The summed E-state index contributed by atoms with van der Waals surface area (Å²) in [7, 11) is 0. The van der Waals surface area contributed by atoms with E-state index in [2.05, 4.69) is 16.1 Å². The first-order valence-corrected chi connectivity index (χ1v) is 5.80. The first-order chi connectivity index (χ1) is 8.81. The summed E-state index contributed by atoms with van der Waals surface area (Å²) in [5.74, 6) is 0.0838. The van der Waals surface area contributed by atoms with Crippen molar-refractivity contribution >= 4 is 0 Å². The standard InChI is InChI=1S/C13H15F3N2O/c1-9(2)8-18-12(7-17)10-3-5-11(6-4-10)19-13(14,15)16/h3-6,9,12,18H,8H2,1-2H3. The van der Waals surface area contributed by atoms with Gasteiger partial charge in [-0.1, -0.05) is 26.0 Å². The van der Waals surface area contributed by atoms with Gasteiger partial charge in [0.25, 0.3) is 0 Å². The van der Waals surface area contributed by atoms with Crippen LogP contribution >= 0.6 is 0 Å². The summed E-state index contributed by atoms with van der Waals surface area (Å²) < 4.78 is 39.7. The molecule has 0 aliphatic carbocycles. The van der Waals surface area contributed by atoms with Gasteiger partial charge in [-0.3, -0.25) is 5.32 Å². The summed E-state index contributed by atoms with van der Waals surface area (Å²) in [6, 6.07) is 6.82. The molecular weight excluding hydrogens is 257 g/mol. The maximum atomic E-state index is 12.0. The van der Waals surface area contributed by atoms with Gasteiger partial charge in [0.05, 0.1) is 6.07 Å². The molecule has 1 aromatic carbocycles. The minimum absolute atomic E-state index is 0.295. The molecule has 0 bridgehead atoms.